The van der Waals surface area contributed by atoms with E-state index < -0.39 is 18.0 Å². The second kappa shape index (κ2) is 4.50. The topological polar surface area (TPSA) is 116 Å². The number of carboxylic acids is 2. The molecule has 0 aliphatic carbocycles. The van der Waals surface area contributed by atoms with E-state index in [0.29, 0.717) is 16.5 Å². The number of nitrogens with two attached hydrogens (primary N) is 1. The number of aromatic amines is 1. The summed E-state index contributed by atoms with van der Waals surface area (Å²) in [4.78, 5) is 24.6. The van der Waals surface area contributed by atoms with Crippen LogP contribution in [0.1, 0.15) is 16.1 Å². The van der Waals surface area contributed by atoms with E-state index in [1.807, 2.05) is 0 Å². The second-order valence-corrected chi connectivity index (χ2v) is 3.98. The van der Waals surface area contributed by atoms with Gasteiger partial charge in [-0.2, -0.15) is 0 Å². The van der Waals surface area contributed by atoms with Crippen molar-refractivity contribution >= 4 is 22.8 Å². The molecule has 0 saturated heterocycles. The molecule has 0 saturated carbocycles. The summed E-state index contributed by atoms with van der Waals surface area (Å²) in [5.74, 6) is -2.28. The Balaban J connectivity index is 2.55. The Morgan fingerprint density at radius 2 is 1.94 bits per heavy atom. The molecular weight excluding hydrogens is 236 g/mol. The molecule has 0 aliphatic rings. The monoisotopic (exact) mass is 248 g/mol. The third-order valence-electron chi connectivity index (χ3n) is 2.77. The molecule has 0 aliphatic heterocycles. The highest BCUT2D eigenvalue weighted by molar-refractivity contribution is 5.97. The van der Waals surface area contributed by atoms with Crippen LogP contribution in [0.2, 0.25) is 0 Å². The summed E-state index contributed by atoms with van der Waals surface area (Å²) in [6, 6.07) is 5.88. The Hall–Kier alpha value is -2.34. The van der Waals surface area contributed by atoms with Crippen molar-refractivity contribution in [1.82, 2.24) is 4.98 Å². The average Bonchev–Trinajstić information content (AvgIpc) is 2.68. The highest BCUT2D eigenvalue weighted by atomic mass is 16.4. The Kier molecular flexibility index (Phi) is 3.03. The van der Waals surface area contributed by atoms with Gasteiger partial charge >= 0.3 is 11.9 Å². The van der Waals surface area contributed by atoms with Crippen LogP contribution in [0, 0.1) is 0 Å². The number of benzene rings is 1. The molecule has 1 aromatic heterocycles. The molecular formula is C12H12N2O4. The first kappa shape index (κ1) is 12.1. The lowest BCUT2D eigenvalue weighted by atomic mass is 10.0. The van der Waals surface area contributed by atoms with E-state index in [4.69, 9.17) is 15.9 Å². The summed E-state index contributed by atoms with van der Waals surface area (Å²) in [6.07, 6.45) is -0.0268. The van der Waals surface area contributed by atoms with Gasteiger partial charge in [-0.1, -0.05) is 18.2 Å². The van der Waals surface area contributed by atoms with Crippen LogP contribution in [0.5, 0.6) is 0 Å². The van der Waals surface area contributed by atoms with Gasteiger partial charge in [-0.3, -0.25) is 4.79 Å². The maximum absolute atomic E-state index is 11.1. The number of carboxylic acid groups (broad SMARTS) is 2. The van der Waals surface area contributed by atoms with Crippen LogP contribution >= 0.6 is 0 Å². The van der Waals surface area contributed by atoms with Crippen molar-refractivity contribution in [2.75, 3.05) is 0 Å². The molecule has 2 aromatic rings. The number of carbonyl (C=O) groups is 2. The molecule has 18 heavy (non-hydrogen) atoms. The highest BCUT2D eigenvalue weighted by Gasteiger charge is 2.21. The predicted octanol–water partition coefficient (Wildman–Crippen LogP) is 0.820. The number of rotatable bonds is 4. The lowest BCUT2D eigenvalue weighted by molar-refractivity contribution is -0.138. The molecule has 0 spiro atoms. The summed E-state index contributed by atoms with van der Waals surface area (Å²) >= 11 is 0. The fourth-order valence-electron chi connectivity index (χ4n) is 1.90. The van der Waals surface area contributed by atoms with E-state index in [1.165, 1.54) is 0 Å². The van der Waals surface area contributed by atoms with Gasteiger partial charge in [-0.05, 0) is 11.6 Å². The lowest BCUT2D eigenvalue weighted by Crippen LogP contribution is -2.32. The number of aliphatic carboxylic acids is 1. The fourth-order valence-corrected chi connectivity index (χ4v) is 1.90. The summed E-state index contributed by atoms with van der Waals surface area (Å²) < 4.78 is 0. The second-order valence-electron chi connectivity index (χ2n) is 3.98. The van der Waals surface area contributed by atoms with Crippen molar-refractivity contribution in [2.45, 2.75) is 12.5 Å². The van der Waals surface area contributed by atoms with Crippen molar-refractivity contribution in [3.63, 3.8) is 0 Å². The van der Waals surface area contributed by atoms with Crippen LogP contribution in [0.15, 0.2) is 24.3 Å². The van der Waals surface area contributed by atoms with Gasteiger partial charge in [0, 0.05) is 17.3 Å². The number of H-pyrrole nitrogens is 1. The maximum atomic E-state index is 11.1. The van der Waals surface area contributed by atoms with Gasteiger partial charge in [0.2, 0.25) is 0 Å². The zero-order chi connectivity index (χ0) is 13.3. The number of aromatic carboxylic acids is 1. The smallest absolute Gasteiger partial charge is 0.352 e. The summed E-state index contributed by atoms with van der Waals surface area (Å²) in [6.45, 7) is 0. The van der Waals surface area contributed by atoms with Crippen molar-refractivity contribution < 1.29 is 19.8 Å². The summed E-state index contributed by atoms with van der Waals surface area (Å²) in [5.41, 5.74) is 6.53. The van der Waals surface area contributed by atoms with E-state index in [9.17, 15) is 9.59 Å². The van der Waals surface area contributed by atoms with E-state index in [-0.39, 0.29) is 12.1 Å². The van der Waals surface area contributed by atoms with Crippen molar-refractivity contribution in [2.24, 2.45) is 5.73 Å². The minimum atomic E-state index is -1.16. The highest BCUT2D eigenvalue weighted by Crippen LogP contribution is 2.23. The first-order valence-electron chi connectivity index (χ1n) is 5.32. The number of fused-ring (bicyclic) bond motifs is 1. The van der Waals surface area contributed by atoms with Crippen LogP contribution in [0.4, 0.5) is 0 Å². The molecule has 94 valence electrons. The largest absolute Gasteiger partial charge is 0.480 e. The zero-order valence-corrected chi connectivity index (χ0v) is 9.38. The van der Waals surface area contributed by atoms with Crippen LogP contribution in [0.3, 0.4) is 0 Å². The molecule has 1 aromatic carbocycles. The van der Waals surface area contributed by atoms with Crippen LogP contribution in [-0.4, -0.2) is 33.2 Å². The first-order valence-corrected chi connectivity index (χ1v) is 5.32. The Bertz CT molecular complexity index is 618. The van der Waals surface area contributed by atoms with Crippen LogP contribution in [-0.2, 0) is 11.2 Å². The van der Waals surface area contributed by atoms with E-state index in [1.54, 1.807) is 24.3 Å². The molecule has 6 nitrogen and oxygen atoms in total. The number of aromatic nitrogens is 1. The third-order valence-corrected chi connectivity index (χ3v) is 2.77. The first-order chi connectivity index (χ1) is 8.50. The summed E-state index contributed by atoms with van der Waals surface area (Å²) in [7, 11) is 0. The normalized spacial score (nSPS) is 12.5. The fraction of sp³-hybridized carbons (Fsp3) is 0.167. The van der Waals surface area contributed by atoms with Crippen molar-refractivity contribution in [3.05, 3.63) is 35.5 Å². The lowest BCUT2D eigenvalue weighted by Gasteiger charge is -2.06. The van der Waals surface area contributed by atoms with Gasteiger partial charge in [-0.15, -0.1) is 0 Å². The van der Waals surface area contributed by atoms with Gasteiger partial charge in [0.25, 0.3) is 0 Å². The molecule has 1 atom stereocenters. The number of hydrogen-bond acceptors (Lipinski definition) is 3. The Morgan fingerprint density at radius 1 is 1.28 bits per heavy atom. The van der Waals surface area contributed by atoms with Gasteiger partial charge in [0.15, 0.2) is 0 Å². The quantitative estimate of drug-likeness (QED) is 0.639. The molecule has 0 bridgehead atoms. The Morgan fingerprint density at radius 3 is 2.56 bits per heavy atom. The molecule has 0 fully saturated rings. The van der Waals surface area contributed by atoms with E-state index >= 15 is 0 Å². The van der Waals surface area contributed by atoms with Crippen molar-refractivity contribution in [1.29, 1.82) is 0 Å². The molecule has 6 heteroatoms. The summed E-state index contributed by atoms with van der Waals surface area (Å²) in [5, 5.41) is 18.6. The van der Waals surface area contributed by atoms with Gasteiger partial charge in [0.1, 0.15) is 11.7 Å². The van der Waals surface area contributed by atoms with Crippen LogP contribution in [0.25, 0.3) is 10.9 Å². The molecule has 2 rings (SSSR count). The van der Waals surface area contributed by atoms with Gasteiger partial charge in [0.05, 0.1) is 0 Å². The SMILES string of the molecule is NC(Cc1c(C(=O)O)[nH]c2ccccc12)C(=O)O. The van der Waals surface area contributed by atoms with Crippen LogP contribution < -0.4 is 5.73 Å². The number of para-hydroxylation sites is 1. The standard InChI is InChI=1S/C12H12N2O4/c13-8(11(15)16)5-7-6-3-1-2-4-9(6)14-10(7)12(17)18/h1-4,8,14H,5,13H2,(H,15,16)(H,17,18). The molecule has 0 radical (unpaired) electrons. The van der Waals surface area contributed by atoms with E-state index in [0.717, 1.165) is 0 Å². The predicted molar refractivity (Wildman–Crippen MR) is 64.6 cm³/mol. The molecule has 5 N–H and O–H groups in total. The van der Waals surface area contributed by atoms with Crippen molar-refractivity contribution in [3.8, 4) is 0 Å². The molecule has 0 amide bonds. The number of hydrogen-bond donors (Lipinski definition) is 4. The van der Waals surface area contributed by atoms with Gasteiger partial charge in [-0.25, -0.2) is 4.79 Å². The minimum Gasteiger partial charge on any atom is -0.480 e. The third kappa shape index (κ3) is 2.05. The number of nitrogens with one attached hydrogen (secondary N) is 1. The Labute approximate surface area is 102 Å². The molecule has 1 unspecified atom stereocenters. The average molecular weight is 248 g/mol. The minimum absolute atomic E-state index is 0.00657. The van der Waals surface area contributed by atoms with Gasteiger partial charge < -0.3 is 20.9 Å². The maximum Gasteiger partial charge on any atom is 0.352 e. The zero-order valence-electron chi connectivity index (χ0n) is 9.38. The van der Waals surface area contributed by atoms with E-state index in [2.05, 4.69) is 4.98 Å². The molecule has 1 heterocycles.